The average molecular weight is 535 g/mol. The number of carbonyl (C=O) groups is 1. The maximum atomic E-state index is 10.8. The number of hydrogen-bond donors (Lipinski definition) is 3. The Morgan fingerprint density at radius 2 is 1.96 bits per heavy atom. The number of halogens is 2. The monoisotopic (exact) mass is 534 g/mol. The second kappa shape index (κ2) is 13.5. The lowest BCUT2D eigenvalue weighted by Gasteiger charge is -2.12. The van der Waals surface area contributed by atoms with Crippen molar-refractivity contribution in [3.05, 3.63) is 59.1 Å². The van der Waals surface area contributed by atoms with E-state index in [1.165, 1.54) is 4.90 Å². The van der Waals surface area contributed by atoms with Crippen LogP contribution in [0.1, 0.15) is 5.56 Å². The Balaban J connectivity index is 0.00000392. The van der Waals surface area contributed by atoms with Crippen LogP contribution in [0.4, 0.5) is 0 Å². The molecule has 0 heterocycles. The third kappa shape index (κ3) is 9.52. The Kier molecular flexibility index (Phi) is 11.8. The maximum absolute atomic E-state index is 10.8. The summed E-state index contributed by atoms with van der Waals surface area (Å²) >= 11 is 7.63. The predicted molar refractivity (Wildman–Crippen MR) is 127 cm³/mol. The number of guanidine groups is 1. The highest BCUT2D eigenvalue weighted by atomic mass is 127. The summed E-state index contributed by atoms with van der Waals surface area (Å²) in [5, 5.41) is 7.27. The van der Waals surface area contributed by atoms with Gasteiger partial charge in [-0.3, -0.25) is 9.79 Å². The predicted octanol–water partition coefficient (Wildman–Crippen LogP) is 3.28. The number of amides is 1. The molecule has 0 aromatic heterocycles. The van der Waals surface area contributed by atoms with Crippen molar-refractivity contribution in [2.24, 2.45) is 10.7 Å². The van der Waals surface area contributed by atoms with Crippen molar-refractivity contribution in [2.75, 3.05) is 26.0 Å². The number of nitrogens with two attached hydrogens (primary N) is 1. The molecule has 0 fully saturated rings. The molecule has 152 valence electrons. The maximum Gasteiger partial charge on any atom is 0.255 e. The fraction of sp³-hybridized carbons (Fsp3) is 0.263. The summed E-state index contributed by atoms with van der Waals surface area (Å²) in [4.78, 5) is 16.2. The lowest BCUT2D eigenvalue weighted by Crippen LogP contribution is -2.37. The molecule has 2 aromatic rings. The quantitative estimate of drug-likeness (QED) is 0.151. The highest BCUT2D eigenvalue weighted by molar-refractivity contribution is 14.0. The number of rotatable bonds is 9. The van der Waals surface area contributed by atoms with Crippen molar-refractivity contribution in [1.82, 2.24) is 10.6 Å². The first-order valence-corrected chi connectivity index (χ1v) is 9.76. The lowest BCUT2D eigenvalue weighted by molar-refractivity contribution is -0.119. The summed E-state index contributed by atoms with van der Waals surface area (Å²) in [5.74, 6) is 1.73. The third-order valence-electron chi connectivity index (χ3n) is 3.44. The van der Waals surface area contributed by atoms with E-state index in [1.807, 2.05) is 42.5 Å². The van der Waals surface area contributed by atoms with Crippen LogP contribution in [-0.2, 0) is 11.3 Å². The van der Waals surface area contributed by atoms with Gasteiger partial charge in [0.05, 0.1) is 0 Å². The van der Waals surface area contributed by atoms with E-state index in [0.717, 1.165) is 28.8 Å². The number of carbonyl (C=O) groups excluding carboxylic acids is 1. The van der Waals surface area contributed by atoms with Gasteiger partial charge in [0.1, 0.15) is 5.75 Å². The summed E-state index contributed by atoms with van der Waals surface area (Å²) in [6, 6.07) is 15.3. The van der Waals surface area contributed by atoms with Gasteiger partial charge in [-0.15, -0.1) is 35.7 Å². The van der Waals surface area contributed by atoms with Crippen LogP contribution in [-0.4, -0.2) is 37.8 Å². The van der Waals surface area contributed by atoms with Crippen LogP contribution in [0.2, 0.25) is 5.02 Å². The number of thioether (sulfide) groups is 1. The van der Waals surface area contributed by atoms with Crippen molar-refractivity contribution in [3.63, 3.8) is 0 Å². The Labute approximate surface area is 191 Å². The zero-order valence-corrected chi connectivity index (χ0v) is 19.4. The van der Waals surface area contributed by atoms with Crippen molar-refractivity contribution in [1.29, 1.82) is 0 Å². The Morgan fingerprint density at radius 1 is 1.21 bits per heavy atom. The second-order valence-corrected chi connectivity index (χ2v) is 7.16. The fourth-order valence-electron chi connectivity index (χ4n) is 2.18. The van der Waals surface area contributed by atoms with Gasteiger partial charge in [-0.25, -0.2) is 0 Å². The Bertz CT molecular complexity index is 775. The van der Waals surface area contributed by atoms with Crippen LogP contribution in [0.3, 0.4) is 0 Å². The molecule has 0 aliphatic rings. The highest BCUT2D eigenvalue weighted by Gasteiger charge is 2.02. The van der Waals surface area contributed by atoms with Crippen LogP contribution < -0.4 is 21.1 Å². The molecule has 9 heteroatoms. The van der Waals surface area contributed by atoms with Gasteiger partial charge in [0.2, 0.25) is 0 Å². The minimum absolute atomic E-state index is 0. The van der Waals surface area contributed by atoms with Gasteiger partial charge in [-0.05, 0) is 42.0 Å². The minimum atomic E-state index is -0.500. The van der Waals surface area contributed by atoms with Gasteiger partial charge in [0.25, 0.3) is 5.91 Å². The van der Waals surface area contributed by atoms with Crippen LogP contribution in [0.25, 0.3) is 0 Å². The first-order chi connectivity index (χ1) is 13.1. The van der Waals surface area contributed by atoms with Gasteiger partial charge in [-0.1, -0.05) is 23.7 Å². The summed E-state index contributed by atoms with van der Waals surface area (Å²) in [6.07, 6.45) is 0. The fourth-order valence-corrected chi connectivity index (χ4v) is 3.07. The first-order valence-electron chi connectivity index (χ1n) is 8.40. The third-order valence-corrected chi connectivity index (χ3v) is 4.71. The zero-order valence-electron chi connectivity index (χ0n) is 15.5. The Morgan fingerprint density at radius 3 is 2.64 bits per heavy atom. The number of nitrogens with zero attached hydrogens (tertiary/aromatic N) is 1. The first kappa shape index (κ1) is 24.4. The smallest absolute Gasteiger partial charge is 0.255 e. The van der Waals surface area contributed by atoms with Crippen molar-refractivity contribution < 1.29 is 9.53 Å². The van der Waals surface area contributed by atoms with E-state index < -0.39 is 5.91 Å². The molecule has 1 amide bonds. The molecule has 0 radical (unpaired) electrons. The molecule has 0 bridgehead atoms. The molecule has 0 spiro atoms. The summed E-state index contributed by atoms with van der Waals surface area (Å²) < 4.78 is 5.31. The van der Waals surface area contributed by atoms with E-state index >= 15 is 0 Å². The summed E-state index contributed by atoms with van der Waals surface area (Å²) in [7, 11) is 1.73. The molecule has 28 heavy (non-hydrogen) atoms. The summed E-state index contributed by atoms with van der Waals surface area (Å²) in [6.45, 7) is 1.22. The van der Waals surface area contributed by atoms with E-state index in [2.05, 4.69) is 15.6 Å². The van der Waals surface area contributed by atoms with Gasteiger partial charge >= 0.3 is 0 Å². The average Bonchev–Trinajstić information content (AvgIpc) is 2.67. The molecule has 2 aromatic carbocycles. The van der Waals surface area contributed by atoms with E-state index in [0.29, 0.717) is 12.3 Å². The normalized spacial score (nSPS) is 10.7. The van der Waals surface area contributed by atoms with Crippen molar-refractivity contribution in [3.8, 4) is 5.75 Å². The molecule has 0 unspecified atom stereocenters. The molecule has 0 saturated heterocycles. The molecular weight excluding hydrogens is 511 g/mol. The van der Waals surface area contributed by atoms with Crippen molar-refractivity contribution >= 4 is 59.2 Å². The van der Waals surface area contributed by atoms with Crippen LogP contribution in [0, 0.1) is 0 Å². The number of primary amides is 1. The molecule has 2 rings (SSSR count). The minimum Gasteiger partial charge on any atom is -0.484 e. The van der Waals surface area contributed by atoms with Gasteiger partial charge in [0, 0.05) is 35.8 Å². The number of aliphatic imine (C=N–C) groups is 1. The zero-order chi connectivity index (χ0) is 19.5. The lowest BCUT2D eigenvalue weighted by atomic mass is 10.2. The standard InChI is InChI=1S/C19H23ClN4O2S.HI/c1-22-19(23-9-10-27-17-7-5-15(20)6-8-17)24-12-14-3-2-4-16(11-14)26-13-18(21)25;/h2-8,11H,9-10,12-13H2,1H3,(H2,21,25)(H2,22,23,24);1H. The molecule has 4 N–H and O–H groups in total. The molecular formula is C19H24ClIN4O2S. The van der Waals surface area contributed by atoms with E-state index in [9.17, 15) is 4.79 Å². The topological polar surface area (TPSA) is 88.7 Å². The van der Waals surface area contributed by atoms with Crippen molar-refractivity contribution in [2.45, 2.75) is 11.4 Å². The molecule has 0 atom stereocenters. The Hall–Kier alpha value is -1.65. The molecule has 0 aliphatic carbocycles. The molecule has 6 nitrogen and oxygen atoms in total. The van der Waals surface area contributed by atoms with Crippen LogP contribution in [0.15, 0.2) is 58.4 Å². The largest absolute Gasteiger partial charge is 0.484 e. The van der Waals surface area contributed by atoms with E-state index in [1.54, 1.807) is 24.9 Å². The van der Waals surface area contributed by atoms with Gasteiger partial charge in [-0.2, -0.15) is 0 Å². The number of benzene rings is 2. The van der Waals surface area contributed by atoms with Crippen LogP contribution >= 0.6 is 47.3 Å². The summed E-state index contributed by atoms with van der Waals surface area (Å²) in [5.41, 5.74) is 6.10. The molecule has 0 saturated carbocycles. The van der Waals surface area contributed by atoms with Crippen LogP contribution in [0.5, 0.6) is 5.75 Å². The second-order valence-electron chi connectivity index (χ2n) is 5.56. The highest BCUT2D eigenvalue weighted by Crippen LogP contribution is 2.19. The van der Waals surface area contributed by atoms with Gasteiger partial charge in [0.15, 0.2) is 12.6 Å². The number of hydrogen-bond acceptors (Lipinski definition) is 4. The number of nitrogens with one attached hydrogen (secondary N) is 2. The SMILES string of the molecule is CN=C(NCCSc1ccc(Cl)cc1)NCc1cccc(OCC(N)=O)c1.I. The number of ether oxygens (including phenoxy) is 1. The van der Waals surface area contributed by atoms with E-state index in [4.69, 9.17) is 22.1 Å². The molecule has 0 aliphatic heterocycles. The van der Waals surface area contributed by atoms with E-state index in [-0.39, 0.29) is 30.6 Å². The van der Waals surface area contributed by atoms with Gasteiger partial charge < -0.3 is 21.1 Å².